The number of hydrogen-bond donors (Lipinski definition) is 3. The van der Waals surface area contributed by atoms with Gasteiger partial charge >= 0.3 is 5.97 Å². The Labute approximate surface area is 329 Å². The van der Waals surface area contributed by atoms with Crippen molar-refractivity contribution in [2.75, 3.05) is 13.2 Å². The lowest BCUT2D eigenvalue weighted by molar-refractivity contribution is -0.143. The first kappa shape index (κ1) is 51.3. The number of aliphatic hydroxyl groups excluding tert-OH is 2. The van der Waals surface area contributed by atoms with Crippen LogP contribution in [0.25, 0.3) is 0 Å². The third-order valence-corrected chi connectivity index (χ3v) is 10.5. The van der Waals surface area contributed by atoms with Gasteiger partial charge in [0.1, 0.15) is 0 Å². The Morgan fingerprint density at radius 3 is 1.34 bits per heavy atom. The number of aliphatic hydroxyl groups is 2. The van der Waals surface area contributed by atoms with E-state index in [9.17, 15) is 19.8 Å². The molecule has 6 nitrogen and oxygen atoms in total. The van der Waals surface area contributed by atoms with Crippen LogP contribution in [0.15, 0.2) is 24.3 Å². The van der Waals surface area contributed by atoms with Crippen molar-refractivity contribution in [3.8, 4) is 0 Å². The van der Waals surface area contributed by atoms with Crippen molar-refractivity contribution < 1.29 is 24.5 Å². The molecule has 0 aliphatic heterocycles. The van der Waals surface area contributed by atoms with E-state index >= 15 is 0 Å². The van der Waals surface area contributed by atoms with Gasteiger partial charge in [-0.3, -0.25) is 9.59 Å². The van der Waals surface area contributed by atoms with Crippen molar-refractivity contribution in [3.63, 3.8) is 0 Å². The maximum atomic E-state index is 12.3. The topological polar surface area (TPSA) is 95.9 Å². The van der Waals surface area contributed by atoms with Crippen molar-refractivity contribution in [1.29, 1.82) is 0 Å². The summed E-state index contributed by atoms with van der Waals surface area (Å²) in [5.41, 5.74) is 0. The molecule has 6 heteroatoms. The molecule has 3 N–H and O–H groups in total. The number of amides is 1. The van der Waals surface area contributed by atoms with E-state index in [2.05, 4.69) is 31.3 Å². The van der Waals surface area contributed by atoms with Gasteiger partial charge in [0, 0.05) is 12.8 Å². The lowest BCUT2D eigenvalue weighted by Crippen LogP contribution is -2.45. The summed E-state index contributed by atoms with van der Waals surface area (Å²) in [7, 11) is 0. The van der Waals surface area contributed by atoms with Crippen LogP contribution in [0.3, 0.4) is 0 Å². The zero-order valence-corrected chi connectivity index (χ0v) is 35.2. The minimum Gasteiger partial charge on any atom is -0.466 e. The van der Waals surface area contributed by atoms with Gasteiger partial charge in [-0.15, -0.1) is 0 Å². The van der Waals surface area contributed by atoms with Crippen LogP contribution in [-0.4, -0.2) is 47.4 Å². The molecule has 0 saturated heterocycles. The highest BCUT2D eigenvalue weighted by molar-refractivity contribution is 5.76. The fourth-order valence-corrected chi connectivity index (χ4v) is 6.86. The number of rotatable bonds is 42. The Kier molecular flexibility index (Phi) is 41.7. The van der Waals surface area contributed by atoms with Crippen LogP contribution in [-0.2, 0) is 14.3 Å². The summed E-state index contributed by atoms with van der Waals surface area (Å²) < 4.78 is 5.43. The molecule has 0 fully saturated rings. The van der Waals surface area contributed by atoms with Crippen molar-refractivity contribution in [1.82, 2.24) is 5.32 Å². The van der Waals surface area contributed by atoms with Gasteiger partial charge in [0.05, 0.1) is 25.4 Å². The molecule has 0 aliphatic rings. The quantitative estimate of drug-likeness (QED) is 0.0328. The predicted molar refractivity (Wildman–Crippen MR) is 227 cm³/mol. The molecule has 0 radical (unpaired) electrons. The van der Waals surface area contributed by atoms with Crippen LogP contribution in [0.2, 0.25) is 0 Å². The summed E-state index contributed by atoms with van der Waals surface area (Å²) in [6.45, 7) is 4.83. The molecular formula is C47H89NO5. The molecule has 0 heterocycles. The third-order valence-electron chi connectivity index (χ3n) is 10.5. The molecule has 0 saturated carbocycles. The number of carbonyl (C=O) groups excluding carboxylic acids is 2. The average Bonchev–Trinajstić information content (AvgIpc) is 3.16. The van der Waals surface area contributed by atoms with E-state index in [0.717, 1.165) is 70.6 Å². The highest BCUT2D eigenvalue weighted by atomic mass is 16.5. The Bertz CT molecular complexity index is 828. The fraction of sp³-hybridized carbons (Fsp3) is 0.872. The molecule has 1 amide bonds. The highest BCUT2D eigenvalue weighted by Gasteiger charge is 2.18. The molecular weight excluding hydrogens is 659 g/mol. The van der Waals surface area contributed by atoms with E-state index in [1.54, 1.807) is 6.08 Å². The summed E-state index contributed by atoms with van der Waals surface area (Å²) >= 11 is 0. The number of nitrogens with one attached hydrogen (secondary N) is 1. The maximum Gasteiger partial charge on any atom is 0.305 e. The van der Waals surface area contributed by atoms with Crippen LogP contribution < -0.4 is 5.32 Å². The third kappa shape index (κ3) is 39.8. The van der Waals surface area contributed by atoms with E-state index in [4.69, 9.17) is 4.74 Å². The first-order chi connectivity index (χ1) is 26.0. The molecule has 312 valence electrons. The maximum absolute atomic E-state index is 12.3. The van der Waals surface area contributed by atoms with Crippen LogP contribution in [0, 0.1) is 0 Å². The van der Waals surface area contributed by atoms with Crippen LogP contribution in [0.5, 0.6) is 0 Å². The monoisotopic (exact) mass is 748 g/mol. The Hall–Kier alpha value is -1.66. The summed E-state index contributed by atoms with van der Waals surface area (Å²) in [5.74, 6) is -0.0986. The fourth-order valence-electron chi connectivity index (χ4n) is 6.86. The van der Waals surface area contributed by atoms with Gasteiger partial charge < -0.3 is 20.3 Å². The molecule has 0 aliphatic carbocycles. The van der Waals surface area contributed by atoms with Gasteiger partial charge in [0.25, 0.3) is 0 Å². The molecule has 0 bridgehead atoms. The zero-order valence-electron chi connectivity index (χ0n) is 35.2. The SMILES string of the molecule is CCCCCCCCCC/C=C/C(O)C(CO)NC(=O)CCCCCCCCC/C=C\CCCCCCOC(=O)CCCCCCCCCCCCC. The molecule has 0 rings (SSSR count). The summed E-state index contributed by atoms with van der Waals surface area (Å²) in [5, 5.41) is 22.9. The molecule has 0 aromatic rings. The van der Waals surface area contributed by atoms with Crippen LogP contribution in [0.4, 0.5) is 0 Å². The van der Waals surface area contributed by atoms with Crippen molar-refractivity contribution in [3.05, 3.63) is 24.3 Å². The van der Waals surface area contributed by atoms with Crippen LogP contribution >= 0.6 is 0 Å². The minimum atomic E-state index is -0.851. The van der Waals surface area contributed by atoms with Crippen molar-refractivity contribution in [2.24, 2.45) is 0 Å². The average molecular weight is 748 g/mol. The highest BCUT2D eigenvalue weighted by Crippen LogP contribution is 2.14. The normalized spacial score (nSPS) is 12.9. The van der Waals surface area contributed by atoms with Gasteiger partial charge in [0.2, 0.25) is 5.91 Å². The lowest BCUT2D eigenvalue weighted by Gasteiger charge is -2.20. The van der Waals surface area contributed by atoms with Gasteiger partial charge in [0.15, 0.2) is 0 Å². The van der Waals surface area contributed by atoms with Gasteiger partial charge in [-0.05, 0) is 57.8 Å². The van der Waals surface area contributed by atoms with Crippen molar-refractivity contribution in [2.45, 2.75) is 251 Å². The number of unbranched alkanes of at least 4 members (excludes halogenated alkanes) is 29. The number of esters is 1. The van der Waals surface area contributed by atoms with Gasteiger partial charge in [-0.25, -0.2) is 0 Å². The molecule has 0 spiro atoms. The Morgan fingerprint density at radius 2 is 0.887 bits per heavy atom. The predicted octanol–water partition coefficient (Wildman–Crippen LogP) is 13.2. The van der Waals surface area contributed by atoms with E-state index in [1.807, 2.05) is 6.08 Å². The summed E-state index contributed by atoms with van der Waals surface area (Å²) in [4.78, 5) is 24.3. The van der Waals surface area contributed by atoms with E-state index in [1.165, 1.54) is 141 Å². The number of allylic oxidation sites excluding steroid dienone is 3. The van der Waals surface area contributed by atoms with E-state index in [0.29, 0.717) is 19.4 Å². The second kappa shape index (κ2) is 43.1. The summed E-state index contributed by atoms with van der Waals surface area (Å²) in [6, 6.07) is -0.636. The zero-order chi connectivity index (χ0) is 38.7. The van der Waals surface area contributed by atoms with Crippen molar-refractivity contribution >= 4 is 11.9 Å². The van der Waals surface area contributed by atoms with E-state index in [-0.39, 0.29) is 18.5 Å². The summed E-state index contributed by atoms with van der Waals surface area (Å²) in [6.07, 6.45) is 48.8. The number of carbonyl (C=O) groups is 2. The number of ether oxygens (including phenoxy) is 1. The van der Waals surface area contributed by atoms with Gasteiger partial charge in [-0.2, -0.15) is 0 Å². The largest absolute Gasteiger partial charge is 0.466 e. The molecule has 2 unspecified atom stereocenters. The first-order valence-electron chi connectivity index (χ1n) is 23.1. The smallest absolute Gasteiger partial charge is 0.305 e. The standard InChI is InChI=1S/C47H89NO5/c1-3-5-7-9-11-13-20-25-29-33-37-41-47(52)53-42-38-34-30-26-22-19-17-15-16-18-21-24-28-32-36-40-46(51)48-44(43-49)45(50)39-35-31-27-23-14-12-10-8-6-4-2/h17,19,35,39,44-45,49-50H,3-16,18,20-34,36-38,40-43H2,1-2H3,(H,48,51)/b19-17-,39-35+. The second-order valence-electron chi connectivity index (χ2n) is 15.7. The van der Waals surface area contributed by atoms with Gasteiger partial charge in [-0.1, -0.05) is 192 Å². The molecule has 2 atom stereocenters. The Morgan fingerprint density at radius 1 is 0.509 bits per heavy atom. The minimum absolute atomic E-state index is 0.0125. The van der Waals surface area contributed by atoms with E-state index < -0.39 is 12.1 Å². The van der Waals surface area contributed by atoms with Crippen LogP contribution in [0.1, 0.15) is 239 Å². The molecule has 53 heavy (non-hydrogen) atoms. The Balaban J connectivity index is 3.50. The second-order valence-corrected chi connectivity index (χ2v) is 15.7. The molecule has 0 aromatic heterocycles. The first-order valence-corrected chi connectivity index (χ1v) is 23.1. The lowest BCUT2D eigenvalue weighted by atomic mass is 10.1. The number of hydrogen-bond acceptors (Lipinski definition) is 5. The molecule has 0 aromatic carbocycles.